The minimum atomic E-state index is -0.175. The molecule has 5 nitrogen and oxygen atoms in total. The van der Waals surface area contributed by atoms with Gasteiger partial charge in [-0.2, -0.15) is 5.26 Å². The number of pyridine rings is 1. The van der Waals surface area contributed by atoms with Gasteiger partial charge in [-0.15, -0.1) is 6.58 Å². The highest BCUT2D eigenvalue weighted by atomic mass is 16.1. The Morgan fingerprint density at radius 3 is 2.64 bits per heavy atom. The quantitative estimate of drug-likeness (QED) is 0.802. The predicted octanol–water partition coefficient (Wildman–Crippen LogP) is 2.48. The first-order valence-electron chi connectivity index (χ1n) is 6.81. The number of anilines is 1. The van der Waals surface area contributed by atoms with Crippen molar-refractivity contribution in [3.05, 3.63) is 71.9 Å². The maximum absolute atomic E-state index is 11.7. The van der Waals surface area contributed by atoms with E-state index in [1.54, 1.807) is 30.3 Å². The lowest BCUT2D eigenvalue weighted by Gasteiger charge is -2.07. The van der Waals surface area contributed by atoms with Crippen LogP contribution in [0.25, 0.3) is 0 Å². The lowest BCUT2D eigenvalue weighted by Crippen LogP contribution is -2.23. The highest BCUT2D eigenvalue weighted by Gasteiger charge is 2.04. The van der Waals surface area contributed by atoms with Crippen LogP contribution < -0.4 is 10.6 Å². The van der Waals surface area contributed by atoms with E-state index in [0.29, 0.717) is 30.0 Å². The van der Waals surface area contributed by atoms with Gasteiger partial charge in [-0.05, 0) is 29.8 Å². The number of hydrogen-bond donors (Lipinski definition) is 2. The summed E-state index contributed by atoms with van der Waals surface area (Å²) in [5, 5.41) is 14.6. The van der Waals surface area contributed by atoms with Crippen molar-refractivity contribution in [2.45, 2.75) is 6.54 Å². The van der Waals surface area contributed by atoms with Crippen LogP contribution in [-0.2, 0) is 6.54 Å². The zero-order valence-corrected chi connectivity index (χ0v) is 12.0. The van der Waals surface area contributed by atoms with Crippen LogP contribution in [0.3, 0.4) is 0 Å². The summed E-state index contributed by atoms with van der Waals surface area (Å²) in [6.45, 7) is 4.57. The highest BCUT2D eigenvalue weighted by molar-refractivity contribution is 5.94. The molecule has 0 atom stereocenters. The van der Waals surface area contributed by atoms with Crippen molar-refractivity contribution in [3.63, 3.8) is 0 Å². The Balaban J connectivity index is 1.92. The van der Waals surface area contributed by atoms with Crippen molar-refractivity contribution < 1.29 is 4.79 Å². The summed E-state index contributed by atoms with van der Waals surface area (Å²) in [4.78, 5) is 15.9. The zero-order valence-electron chi connectivity index (χ0n) is 12.0. The number of amides is 1. The Kier molecular flexibility index (Phi) is 5.27. The van der Waals surface area contributed by atoms with Gasteiger partial charge in [-0.25, -0.2) is 4.98 Å². The van der Waals surface area contributed by atoms with E-state index >= 15 is 0 Å². The first-order valence-corrected chi connectivity index (χ1v) is 6.81. The number of nitrogens with one attached hydrogen (secondary N) is 2. The number of carbonyl (C=O) groups is 1. The number of rotatable bonds is 6. The second-order valence-electron chi connectivity index (χ2n) is 4.59. The standard InChI is InChI=1S/C17H16N4O/c1-2-9-19-17(22)15-7-8-16(21-12-15)20-11-14-5-3-13(10-18)4-6-14/h2-8,12H,1,9,11H2,(H,19,22)(H,20,21). The van der Waals surface area contributed by atoms with Gasteiger partial charge in [0, 0.05) is 19.3 Å². The largest absolute Gasteiger partial charge is 0.366 e. The summed E-state index contributed by atoms with van der Waals surface area (Å²) in [5.74, 6) is 0.510. The first kappa shape index (κ1) is 15.3. The van der Waals surface area contributed by atoms with Gasteiger partial charge >= 0.3 is 0 Å². The van der Waals surface area contributed by atoms with E-state index in [-0.39, 0.29) is 5.91 Å². The van der Waals surface area contributed by atoms with Crippen LogP contribution in [0, 0.1) is 11.3 Å². The van der Waals surface area contributed by atoms with Crippen molar-refractivity contribution in [2.75, 3.05) is 11.9 Å². The molecule has 0 unspecified atom stereocenters. The molecule has 22 heavy (non-hydrogen) atoms. The monoisotopic (exact) mass is 292 g/mol. The third-order valence-electron chi connectivity index (χ3n) is 2.99. The van der Waals surface area contributed by atoms with Crippen LogP contribution in [0.1, 0.15) is 21.5 Å². The molecule has 0 radical (unpaired) electrons. The number of nitriles is 1. The van der Waals surface area contributed by atoms with E-state index in [0.717, 1.165) is 5.56 Å². The second-order valence-corrected chi connectivity index (χ2v) is 4.59. The number of nitrogens with zero attached hydrogens (tertiary/aromatic N) is 2. The molecule has 110 valence electrons. The Bertz CT molecular complexity index is 684. The maximum atomic E-state index is 11.7. The minimum Gasteiger partial charge on any atom is -0.366 e. The summed E-state index contributed by atoms with van der Waals surface area (Å²) >= 11 is 0. The molecule has 0 aliphatic rings. The fourth-order valence-corrected chi connectivity index (χ4v) is 1.79. The molecule has 0 aliphatic carbocycles. The third-order valence-corrected chi connectivity index (χ3v) is 2.99. The molecule has 2 rings (SSSR count). The Morgan fingerprint density at radius 2 is 2.05 bits per heavy atom. The predicted molar refractivity (Wildman–Crippen MR) is 85.3 cm³/mol. The Morgan fingerprint density at radius 1 is 1.27 bits per heavy atom. The lowest BCUT2D eigenvalue weighted by molar-refractivity contribution is 0.0957. The topological polar surface area (TPSA) is 77.8 Å². The average Bonchev–Trinajstić information content (AvgIpc) is 2.58. The summed E-state index contributed by atoms with van der Waals surface area (Å²) in [6.07, 6.45) is 3.15. The number of aromatic nitrogens is 1. The van der Waals surface area contributed by atoms with E-state index in [9.17, 15) is 4.79 Å². The lowest BCUT2D eigenvalue weighted by atomic mass is 10.1. The molecule has 2 N–H and O–H groups in total. The van der Waals surface area contributed by atoms with Gasteiger partial charge in [-0.3, -0.25) is 4.79 Å². The van der Waals surface area contributed by atoms with Crippen LogP contribution in [0.15, 0.2) is 55.3 Å². The van der Waals surface area contributed by atoms with Gasteiger partial charge in [0.2, 0.25) is 0 Å². The van der Waals surface area contributed by atoms with Crippen LogP contribution in [0.4, 0.5) is 5.82 Å². The molecular formula is C17H16N4O. The average molecular weight is 292 g/mol. The zero-order chi connectivity index (χ0) is 15.8. The highest BCUT2D eigenvalue weighted by Crippen LogP contribution is 2.09. The smallest absolute Gasteiger partial charge is 0.253 e. The van der Waals surface area contributed by atoms with E-state index in [2.05, 4.69) is 28.3 Å². The summed E-state index contributed by atoms with van der Waals surface area (Å²) < 4.78 is 0. The third kappa shape index (κ3) is 4.18. The molecule has 0 bridgehead atoms. The summed E-state index contributed by atoms with van der Waals surface area (Å²) in [5.41, 5.74) is 2.19. The molecule has 0 saturated carbocycles. The van der Waals surface area contributed by atoms with Gasteiger partial charge in [0.15, 0.2) is 0 Å². The van der Waals surface area contributed by atoms with E-state index in [4.69, 9.17) is 5.26 Å². The molecule has 1 aromatic carbocycles. The summed E-state index contributed by atoms with van der Waals surface area (Å²) in [7, 11) is 0. The van der Waals surface area contributed by atoms with Crippen molar-refractivity contribution >= 4 is 11.7 Å². The van der Waals surface area contributed by atoms with Crippen LogP contribution in [0.2, 0.25) is 0 Å². The molecule has 1 aromatic heterocycles. The molecule has 1 amide bonds. The van der Waals surface area contributed by atoms with Gasteiger partial charge in [0.05, 0.1) is 17.2 Å². The fraction of sp³-hybridized carbons (Fsp3) is 0.118. The number of carbonyl (C=O) groups excluding carboxylic acids is 1. The van der Waals surface area contributed by atoms with E-state index < -0.39 is 0 Å². The van der Waals surface area contributed by atoms with E-state index in [1.165, 1.54) is 6.20 Å². The molecule has 2 aromatic rings. The number of benzene rings is 1. The van der Waals surface area contributed by atoms with Gasteiger partial charge in [-0.1, -0.05) is 18.2 Å². The normalized spacial score (nSPS) is 9.59. The molecule has 5 heteroatoms. The second kappa shape index (κ2) is 7.60. The van der Waals surface area contributed by atoms with Crippen LogP contribution in [-0.4, -0.2) is 17.4 Å². The fourth-order valence-electron chi connectivity index (χ4n) is 1.79. The van der Waals surface area contributed by atoms with E-state index in [1.807, 2.05) is 12.1 Å². The molecule has 0 saturated heterocycles. The molecule has 1 heterocycles. The van der Waals surface area contributed by atoms with Gasteiger partial charge in [0.1, 0.15) is 5.82 Å². The molecule has 0 aliphatic heterocycles. The SMILES string of the molecule is C=CCNC(=O)c1ccc(NCc2ccc(C#N)cc2)nc1. The van der Waals surface area contributed by atoms with Crippen LogP contribution in [0.5, 0.6) is 0 Å². The van der Waals surface area contributed by atoms with Gasteiger partial charge in [0.25, 0.3) is 5.91 Å². The van der Waals surface area contributed by atoms with Gasteiger partial charge < -0.3 is 10.6 Å². The van der Waals surface area contributed by atoms with Crippen molar-refractivity contribution in [1.82, 2.24) is 10.3 Å². The molecule has 0 fully saturated rings. The minimum absolute atomic E-state index is 0.175. The molecular weight excluding hydrogens is 276 g/mol. The van der Waals surface area contributed by atoms with Crippen molar-refractivity contribution in [3.8, 4) is 6.07 Å². The maximum Gasteiger partial charge on any atom is 0.253 e. The van der Waals surface area contributed by atoms with Crippen molar-refractivity contribution in [1.29, 1.82) is 5.26 Å². The van der Waals surface area contributed by atoms with Crippen LogP contribution >= 0.6 is 0 Å². The molecule has 0 spiro atoms. The first-order chi connectivity index (χ1) is 10.7. The van der Waals surface area contributed by atoms with Crippen molar-refractivity contribution in [2.24, 2.45) is 0 Å². The Labute approximate surface area is 129 Å². The number of hydrogen-bond acceptors (Lipinski definition) is 4. The summed E-state index contributed by atoms with van der Waals surface area (Å²) in [6, 6.07) is 12.9. The Hall–Kier alpha value is -3.13.